The first-order valence-corrected chi connectivity index (χ1v) is 20.2. The number of methoxy groups -OCH3 is 4. The molecule has 326 valence electrons. The molecule has 0 fully saturated rings. The summed E-state index contributed by atoms with van der Waals surface area (Å²) in [4.78, 5) is 59.8. The fourth-order valence-electron chi connectivity index (χ4n) is 7.02. The number of anilines is 2. The van der Waals surface area contributed by atoms with Gasteiger partial charge in [0.15, 0.2) is 34.2 Å². The molecule has 2 heterocycles. The van der Waals surface area contributed by atoms with Crippen molar-refractivity contribution in [2.24, 2.45) is 0 Å². The quantitative estimate of drug-likeness (QED) is 0.0793. The van der Waals surface area contributed by atoms with Crippen molar-refractivity contribution >= 4 is 40.1 Å². The van der Waals surface area contributed by atoms with Crippen LogP contribution in [-0.2, 0) is 30.9 Å². The Morgan fingerprint density at radius 2 is 1.30 bits per heavy atom. The summed E-state index contributed by atoms with van der Waals surface area (Å²) < 4.78 is 33.3. The van der Waals surface area contributed by atoms with Crippen molar-refractivity contribution in [3.8, 4) is 23.0 Å². The summed E-state index contributed by atoms with van der Waals surface area (Å²) in [6.07, 6.45) is 3.88. The summed E-state index contributed by atoms with van der Waals surface area (Å²) in [7, 11) is 6.44. The van der Waals surface area contributed by atoms with Gasteiger partial charge >= 0.3 is 5.97 Å². The molecular weight excluding hydrogens is 817 g/mol. The Balaban J connectivity index is 1.08. The number of fused-ring (bicyclic) bond motifs is 1. The molecule has 2 aromatic heterocycles. The first-order valence-electron chi connectivity index (χ1n) is 20.2. The maximum absolute atomic E-state index is 13.9. The lowest BCUT2D eigenvalue weighted by Gasteiger charge is -2.24. The number of esters is 1. The van der Waals surface area contributed by atoms with Crippen LogP contribution in [0.3, 0.4) is 0 Å². The highest BCUT2D eigenvalue weighted by molar-refractivity contribution is 6.13. The molecule has 2 N–H and O–H groups in total. The molecule has 64 heavy (non-hydrogen) atoms. The maximum atomic E-state index is 13.9. The molecule has 0 bridgehead atoms. The summed E-state index contributed by atoms with van der Waals surface area (Å²) in [5.41, 5.74) is 4.22. The molecule has 0 saturated heterocycles. The van der Waals surface area contributed by atoms with E-state index in [0.29, 0.717) is 65.7 Å². The van der Waals surface area contributed by atoms with Crippen LogP contribution in [0.4, 0.5) is 11.4 Å². The van der Waals surface area contributed by atoms with Gasteiger partial charge in [-0.3, -0.25) is 24.3 Å². The first-order chi connectivity index (χ1) is 31.1. The molecule has 0 unspecified atom stereocenters. The normalized spacial score (nSPS) is 10.9. The highest BCUT2D eigenvalue weighted by Crippen LogP contribution is 2.31. The molecule has 7 aromatic rings. The van der Waals surface area contributed by atoms with E-state index in [1.54, 1.807) is 89.4 Å². The molecule has 2 amide bonds. The van der Waals surface area contributed by atoms with Gasteiger partial charge in [-0.1, -0.05) is 42.5 Å². The second-order valence-corrected chi connectivity index (χ2v) is 14.6. The number of hydrogen-bond donors (Lipinski definition) is 2. The Morgan fingerprint density at radius 3 is 1.94 bits per heavy atom. The number of amides is 2. The van der Waals surface area contributed by atoms with Gasteiger partial charge in [0.05, 0.1) is 50.6 Å². The average Bonchev–Trinajstić information content (AvgIpc) is 3.33. The molecular formula is C50H46N4O10. The van der Waals surface area contributed by atoms with Crippen molar-refractivity contribution in [3.05, 3.63) is 183 Å². The third kappa shape index (κ3) is 10.9. The average molecular weight is 863 g/mol. The van der Waals surface area contributed by atoms with Gasteiger partial charge in [0.2, 0.25) is 0 Å². The summed E-state index contributed by atoms with van der Waals surface area (Å²) in [6, 6.07) is 34.5. The zero-order valence-electron chi connectivity index (χ0n) is 35.7. The predicted octanol–water partition coefficient (Wildman–Crippen LogP) is 8.33. The van der Waals surface area contributed by atoms with Crippen LogP contribution in [0.25, 0.3) is 11.0 Å². The Labute approximate surface area is 369 Å². The lowest BCUT2D eigenvalue weighted by Crippen LogP contribution is -2.25. The fraction of sp³-hybridized carbons (Fsp3) is 0.180. The van der Waals surface area contributed by atoms with Crippen LogP contribution in [0.5, 0.6) is 23.0 Å². The highest BCUT2D eigenvalue weighted by Gasteiger charge is 2.21. The summed E-state index contributed by atoms with van der Waals surface area (Å²) in [6.45, 7) is 1.89. The third-order valence-electron chi connectivity index (χ3n) is 10.3. The number of ether oxygens (including phenoxy) is 5. The van der Waals surface area contributed by atoms with Crippen LogP contribution >= 0.6 is 0 Å². The largest absolute Gasteiger partial charge is 0.493 e. The minimum Gasteiger partial charge on any atom is -0.493 e. The molecule has 0 atom stereocenters. The number of para-hydroxylation sites is 1. The van der Waals surface area contributed by atoms with Gasteiger partial charge in [-0.05, 0) is 95.9 Å². The van der Waals surface area contributed by atoms with Crippen LogP contribution in [0.15, 0.2) is 143 Å². The van der Waals surface area contributed by atoms with Gasteiger partial charge in [-0.25, -0.2) is 4.79 Å². The maximum Gasteiger partial charge on any atom is 0.338 e. The minimum atomic E-state index is -0.798. The van der Waals surface area contributed by atoms with Crippen molar-refractivity contribution in [2.75, 3.05) is 45.6 Å². The zero-order chi connectivity index (χ0) is 45.0. The molecule has 14 nitrogen and oxygen atoms in total. The van der Waals surface area contributed by atoms with E-state index in [1.165, 1.54) is 18.2 Å². The summed E-state index contributed by atoms with van der Waals surface area (Å²) in [5, 5.41) is 5.88. The second-order valence-electron chi connectivity index (χ2n) is 14.6. The number of carbonyl (C=O) groups excluding carboxylic acids is 3. The van der Waals surface area contributed by atoms with Crippen molar-refractivity contribution < 1.29 is 42.5 Å². The first kappa shape index (κ1) is 44.1. The minimum absolute atomic E-state index is 0.00481. The van der Waals surface area contributed by atoms with E-state index in [1.807, 2.05) is 48.5 Å². The van der Waals surface area contributed by atoms with Crippen molar-refractivity contribution in [1.82, 2.24) is 9.88 Å². The van der Waals surface area contributed by atoms with E-state index in [2.05, 4.69) is 20.5 Å². The Bertz CT molecular complexity index is 2770. The number of hydrogen-bond acceptors (Lipinski definition) is 12. The molecule has 0 aliphatic rings. The lowest BCUT2D eigenvalue weighted by molar-refractivity contribution is 0.0472. The number of nitrogens with one attached hydrogen (secondary N) is 2. The summed E-state index contributed by atoms with van der Waals surface area (Å²) in [5.74, 6) is 0.264. The molecule has 5 aromatic carbocycles. The Hall–Kier alpha value is -7.97. The molecule has 0 radical (unpaired) electrons. The number of carbonyl (C=O) groups is 3. The van der Waals surface area contributed by atoms with Crippen molar-refractivity contribution in [3.63, 3.8) is 0 Å². The van der Waals surface area contributed by atoms with Crippen LogP contribution in [0.1, 0.15) is 53.5 Å². The highest BCUT2D eigenvalue weighted by atomic mass is 16.5. The molecule has 0 aliphatic carbocycles. The third-order valence-corrected chi connectivity index (χ3v) is 10.3. The molecule has 0 spiro atoms. The van der Waals surface area contributed by atoms with Crippen LogP contribution in [-0.4, -0.2) is 62.7 Å². The van der Waals surface area contributed by atoms with Gasteiger partial charge in [-0.2, -0.15) is 0 Å². The second kappa shape index (κ2) is 20.7. The number of pyridine rings is 1. The van der Waals surface area contributed by atoms with Crippen molar-refractivity contribution in [2.45, 2.75) is 26.1 Å². The van der Waals surface area contributed by atoms with Gasteiger partial charge in [0.25, 0.3) is 11.8 Å². The summed E-state index contributed by atoms with van der Waals surface area (Å²) >= 11 is 0. The van der Waals surface area contributed by atoms with Gasteiger partial charge in [0.1, 0.15) is 12.2 Å². The predicted molar refractivity (Wildman–Crippen MR) is 242 cm³/mol. The van der Waals surface area contributed by atoms with Crippen LogP contribution < -0.4 is 35.0 Å². The monoisotopic (exact) mass is 862 g/mol. The molecule has 0 saturated carbocycles. The number of nitrogens with zero attached hydrogens (tertiary/aromatic N) is 2. The van der Waals surface area contributed by atoms with E-state index < -0.39 is 23.2 Å². The fourth-order valence-corrected chi connectivity index (χ4v) is 7.02. The molecule has 14 heteroatoms. The van der Waals surface area contributed by atoms with E-state index in [0.717, 1.165) is 22.8 Å². The zero-order valence-corrected chi connectivity index (χ0v) is 35.7. The Kier molecular flexibility index (Phi) is 14.3. The smallest absolute Gasteiger partial charge is 0.338 e. The Morgan fingerprint density at radius 1 is 0.641 bits per heavy atom. The van der Waals surface area contributed by atoms with Gasteiger partial charge in [-0.15, -0.1) is 0 Å². The SMILES string of the molecule is COc1ccc(CN(CCc2ccc(NC(=O)c3ccc(C(=O)OCc4cccnc4)cc3NC(=O)c3cc(=O)c4ccccc4o3)cc2)Cc2ccc(OC)c(OC)c2)cc1OC. The van der Waals surface area contributed by atoms with Crippen LogP contribution in [0, 0.1) is 0 Å². The standard InChI is InChI=1S/C50H46N4O10/c1-59-43-19-13-33(24-45(43)61-3)29-54(30-34-14-20-44(60-2)46(25-34)62-4)23-21-32-11-16-37(17-12-32)52-48(56)38-18-15-36(50(58)63-31-35-8-7-22-51-28-35)26-40(38)53-49(57)47-27-41(55)39-9-5-6-10-42(39)64-47/h5-20,22,24-28H,21,23,29-31H2,1-4H3,(H,52,56)(H,53,57). The van der Waals surface area contributed by atoms with E-state index in [9.17, 15) is 19.2 Å². The molecule has 0 aliphatic heterocycles. The van der Waals surface area contributed by atoms with Crippen LogP contribution in [0.2, 0.25) is 0 Å². The number of rotatable bonds is 18. The molecule has 7 rings (SSSR count). The number of aromatic nitrogens is 1. The van der Waals surface area contributed by atoms with Gasteiger partial charge in [0, 0.05) is 49.3 Å². The van der Waals surface area contributed by atoms with E-state index in [-0.39, 0.29) is 34.8 Å². The van der Waals surface area contributed by atoms with Crippen molar-refractivity contribution in [1.29, 1.82) is 0 Å². The van der Waals surface area contributed by atoms with Gasteiger partial charge < -0.3 is 38.7 Å². The van der Waals surface area contributed by atoms with E-state index >= 15 is 0 Å². The number of benzene rings is 5. The lowest BCUT2D eigenvalue weighted by atomic mass is 10.1. The van der Waals surface area contributed by atoms with E-state index in [4.69, 9.17) is 28.1 Å². The topological polar surface area (TPSA) is 168 Å².